The zero-order valence-electron chi connectivity index (χ0n) is 17.4. The number of hydrogen-bond acceptors (Lipinski definition) is 5. The van der Waals surface area contributed by atoms with E-state index >= 15 is 0 Å². The predicted octanol–water partition coefficient (Wildman–Crippen LogP) is 3.68. The van der Waals surface area contributed by atoms with Crippen LogP contribution in [0.1, 0.15) is 11.3 Å². The molecule has 1 fully saturated rings. The molecular weight excluding hydrogens is 386 g/mol. The first-order valence-corrected chi connectivity index (χ1v) is 10.4. The third-order valence-electron chi connectivity index (χ3n) is 5.37. The fraction of sp³-hybridized carbons (Fsp3) is 0.240. The van der Waals surface area contributed by atoms with Crippen LogP contribution in [0.5, 0.6) is 0 Å². The van der Waals surface area contributed by atoms with E-state index in [2.05, 4.69) is 43.8 Å². The summed E-state index contributed by atoms with van der Waals surface area (Å²) in [5.74, 6) is 6.54. The Hall–Kier alpha value is -3.53. The molecule has 5 rings (SSSR count). The second-order valence-electron chi connectivity index (χ2n) is 7.61. The lowest BCUT2D eigenvalue weighted by Crippen LogP contribution is -2.36. The van der Waals surface area contributed by atoms with Crippen LogP contribution < -0.4 is 0 Å². The maximum absolute atomic E-state index is 5.39. The Kier molecular flexibility index (Phi) is 5.44. The summed E-state index contributed by atoms with van der Waals surface area (Å²) in [7, 11) is 0. The summed E-state index contributed by atoms with van der Waals surface area (Å²) in [6, 6.07) is 12.2. The van der Waals surface area contributed by atoms with Crippen LogP contribution in [-0.4, -0.2) is 57.7 Å². The minimum Gasteiger partial charge on any atom is -0.379 e. The van der Waals surface area contributed by atoms with Crippen molar-refractivity contribution in [3.8, 4) is 34.4 Å². The second kappa shape index (κ2) is 8.68. The molecule has 6 heteroatoms. The zero-order valence-corrected chi connectivity index (χ0v) is 17.4. The van der Waals surface area contributed by atoms with Gasteiger partial charge in [-0.15, -0.1) is 0 Å². The first kappa shape index (κ1) is 19.4. The molecule has 1 saturated heterocycles. The first-order chi connectivity index (χ1) is 15.3. The van der Waals surface area contributed by atoms with Crippen molar-refractivity contribution < 1.29 is 4.74 Å². The minimum atomic E-state index is 0.744. The van der Waals surface area contributed by atoms with E-state index in [1.807, 2.05) is 49.8 Å². The summed E-state index contributed by atoms with van der Waals surface area (Å²) in [5.41, 5.74) is 6.46. The van der Waals surface area contributed by atoms with Gasteiger partial charge in [0.1, 0.15) is 5.65 Å². The highest BCUT2D eigenvalue weighted by atomic mass is 16.5. The fourth-order valence-corrected chi connectivity index (χ4v) is 3.76. The lowest BCUT2D eigenvalue weighted by molar-refractivity contribution is 0.0443. The highest BCUT2D eigenvalue weighted by Crippen LogP contribution is 2.31. The SMILES string of the molecule is Cc1cccc(-c2cc(-c3cncc(C#CCN4CCOCC4)c3)c3cc[nH]c3n2)n1. The van der Waals surface area contributed by atoms with Crippen LogP contribution in [0, 0.1) is 18.8 Å². The molecule has 0 spiro atoms. The number of nitrogens with zero attached hydrogens (tertiary/aromatic N) is 4. The van der Waals surface area contributed by atoms with Gasteiger partial charge in [0, 0.05) is 53.9 Å². The standard InChI is InChI=1S/C25H23N5O/c1-18-4-2-6-23(28-18)24-15-22(21-7-8-27-25(21)29-24)20-14-19(16-26-17-20)5-3-9-30-10-12-31-13-11-30/h2,4,6-8,14-17H,9-13H2,1H3,(H,27,29). The Morgan fingerprint density at radius 2 is 1.97 bits per heavy atom. The van der Waals surface area contributed by atoms with Crippen molar-refractivity contribution in [3.63, 3.8) is 0 Å². The molecule has 0 atom stereocenters. The third kappa shape index (κ3) is 4.33. The van der Waals surface area contributed by atoms with E-state index in [1.165, 1.54) is 0 Å². The van der Waals surface area contributed by atoms with Crippen LogP contribution in [0.4, 0.5) is 0 Å². The van der Waals surface area contributed by atoms with Gasteiger partial charge in [0.15, 0.2) is 0 Å². The Labute approximate surface area is 181 Å². The number of nitrogens with one attached hydrogen (secondary N) is 1. The summed E-state index contributed by atoms with van der Waals surface area (Å²) in [4.78, 5) is 19.4. The molecule has 0 unspecified atom stereocenters. The number of pyridine rings is 3. The van der Waals surface area contributed by atoms with Gasteiger partial charge in [0.2, 0.25) is 0 Å². The van der Waals surface area contributed by atoms with Crippen molar-refractivity contribution in [1.82, 2.24) is 24.8 Å². The normalized spacial score (nSPS) is 14.4. The van der Waals surface area contributed by atoms with Gasteiger partial charge in [-0.2, -0.15) is 0 Å². The summed E-state index contributed by atoms with van der Waals surface area (Å²) >= 11 is 0. The number of hydrogen-bond donors (Lipinski definition) is 1. The van der Waals surface area contributed by atoms with Crippen molar-refractivity contribution in [2.24, 2.45) is 0 Å². The topological polar surface area (TPSA) is 66.9 Å². The Morgan fingerprint density at radius 3 is 2.84 bits per heavy atom. The molecule has 4 aromatic heterocycles. The Bertz CT molecular complexity index is 1280. The molecule has 5 heterocycles. The molecule has 0 aromatic carbocycles. The van der Waals surface area contributed by atoms with Gasteiger partial charge in [-0.1, -0.05) is 17.9 Å². The number of rotatable bonds is 3. The predicted molar refractivity (Wildman–Crippen MR) is 121 cm³/mol. The second-order valence-corrected chi connectivity index (χ2v) is 7.61. The van der Waals surface area contributed by atoms with Crippen molar-refractivity contribution in [3.05, 3.63) is 66.2 Å². The van der Waals surface area contributed by atoms with Crippen LogP contribution in [0.2, 0.25) is 0 Å². The molecule has 0 saturated carbocycles. The summed E-state index contributed by atoms with van der Waals surface area (Å²) in [5, 5.41) is 1.05. The van der Waals surface area contributed by atoms with Gasteiger partial charge in [0.05, 0.1) is 31.1 Å². The molecule has 1 aliphatic heterocycles. The molecule has 154 valence electrons. The number of H-pyrrole nitrogens is 1. The summed E-state index contributed by atoms with van der Waals surface area (Å²) < 4.78 is 5.39. The van der Waals surface area contributed by atoms with Crippen LogP contribution in [0.15, 0.2) is 55.0 Å². The van der Waals surface area contributed by atoms with Gasteiger partial charge >= 0.3 is 0 Å². The largest absolute Gasteiger partial charge is 0.379 e. The molecular formula is C25H23N5O. The van der Waals surface area contributed by atoms with Crippen molar-refractivity contribution in [2.75, 3.05) is 32.8 Å². The number of aromatic nitrogens is 4. The van der Waals surface area contributed by atoms with Gasteiger partial charge in [0.25, 0.3) is 0 Å². The van der Waals surface area contributed by atoms with E-state index in [4.69, 9.17) is 9.72 Å². The van der Waals surface area contributed by atoms with Crippen molar-refractivity contribution in [1.29, 1.82) is 0 Å². The van der Waals surface area contributed by atoms with Crippen LogP contribution >= 0.6 is 0 Å². The summed E-state index contributed by atoms with van der Waals surface area (Å²) in [6.45, 7) is 6.17. The quantitative estimate of drug-likeness (QED) is 0.523. The van der Waals surface area contributed by atoms with Gasteiger partial charge in [-0.25, -0.2) is 4.98 Å². The maximum atomic E-state index is 5.39. The zero-order chi connectivity index (χ0) is 21.0. The Morgan fingerprint density at radius 1 is 1.06 bits per heavy atom. The molecule has 0 amide bonds. The smallest absolute Gasteiger partial charge is 0.138 e. The number of aromatic amines is 1. The molecule has 4 aromatic rings. The van der Waals surface area contributed by atoms with Crippen LogP contribution in [0.25, 0.3) is 33.5 Å². The van der Waals surface area contributed by atoms with Gasteiger partial charge in [-0.05, 0) is 42.8 Å². The highest BCUT2D eigenvalue weighted by molar-refractivity contribution is 5.95. The molecule has 6 nitrogen and oxygen atoms in total. The minimum absolute atomic E-state index is 0.744. The molecule has 31 heavy (non-hydrogen) atoms. The molecule has 1 N–H and O–H groups in total. The van der Waals surface area contributed by atoms with Gasteiger partial charge < -0.3 is 9.72 Å². The lowest BCUT2D eigenvalue weighted by atomic mass is 10.0. The average molecular weight is 409 g/mol. The van der Waals surface area contributed by atoms with E-state index in [0.29, 0.717) is 0 Å². The number of morpholine rings is 1. The average Bonchev–Trinajstić information content (AvgIpc) is 3.28. The monoisotopic (exact) mass is 409 g/mol. The number of aryl methyl sites for hydroxylation is 1. The number of fused-ring (bicyclic) bond motifs is 1. The fourth-order valence-electron chi connectivity index (χ4n) is 3.76. The molecule has 0 radical (unpaired) electrons. The van der Waals surface area contributed by atoms with E-state index in [1.54, 1.807) is 0 Å². The van der Waals surface area contributed by atoms with E-state index < -0.39 is 0 Å². The van der Waals surface area contributed by atoms with Crippen molar-refractivity contribution in [2.45, 2.75) is 6.92 Å². The van der Waals surface area contributed by atoms with Crippen LogP contribution in [-0.2, 0) is 4.74 Å². The first-order valence-electron chi connectivity index (χ1n) is 10.4. The molecule has 0 aliphatic carbocycles. The molecule has 0 bridgehead atoms. The third-order valence-corrected chi connectivity index (χ3v) is 5.37. The van der Waals surface area contributed by atoms with Crippen molar-refractivity contribution >= 4 is 11.0 Å². The van der Waals surface area contributed by atoms with E-state index in [-0.39, 0.29) is 0 Å². The maximum Gasteiger partial charge on any atom is 0.138 e. The lowest BCUT2D eigenvalue weighted by Gasteiger charge is -2.24. The summed E-state index contributed by atoms with van der Waals surface area (Å²) in [6.07, 6.45) is 5.60. The van der Waals surface area contributed by atoms with E-state index in [0.717, 1.165) is 77.7 Å². The highest BCUT2D eigenvalue weighted by Gasteiger charge is 2.12. The van der Waals surface area contributed by atoms with E-state index in [9.17, 15) is 0 Å². The van der Waals surface area contributed by atoms with Crippen LogP contribution in [0.3, 0.4) is 0 Å². The number of ether oxygens (including phenoxy) is 1. The Balaban J connectivity index is 1.49. The van der Waals surface area contributed by atoms with Gasteiger partial charge in [-0.3, -0.25) is 14.9 Å². The molecule has 1 aliphatic rings.